The molecule has 1 amide bonds. The smallest absolute Gasteiger partial charge is 0.222 e. The third-order valence-electron chi connectivity index (χ3n) is 2.38. The molecular formula is C9H17Cl2N2O-. The van der Waals surface area contributed by atoms with Crippen LogP contribution in [0, 0.1) is 0 Å². The first-order chi connectivity index (χ1) is 6.24. The Morgan fingerprint density at radius 2 is 1.86 bits per heavy atom. The highest BCUT2D eigenvalue weighted by atomic mass is 35.5. The maximum atomic E-state index is 11.5. The van der Waals surface area contributed by atoms with E-state index in [1.165, 1.54) is 0 Å². The van der Waals surface area contributed by atoms with Crippen LogP contribution >= 0.6 is 11.6 Å². The van der Waals surface area contributed by atoms with Gasteiger partial charge in [0.1, 0.15) is 0 Å². The van der Waals surface area contributed by atoms with Crippen molar-refractivity contribution in [1.82, 2.24) is 9.80 Å². The SMILES string of the molecule is CN1CCN(C(=O)CCCCl)CC1.[Cl-]. The number of likely N-dealkylation sites (N-methyl/N-ethyl adjacent to an activating group) is 1. The van der Waals surface area contributed by atoms with Gasteiger partial charge in [0.2, 0.25) is 5.91 Å². The van der Waals surface area contributed by atoms with Crippen LogP contribution in [0.4, 0.5) is 0 Å². The van der Waals surface area contributed by atoms with Crippen LogP contribution in [0.15, 0.2) is 0 Å². The summed E-state index contributed by atoms with van der Waals surface area (Å²) in [5.74, 6) is 0.841. The van der Waals surface area contributed by atoms with Crippen molar-refractivity contribution in [3.8, 4) is 0 Å². The van der Waals surface area contributed by atoms with E-state index in [1.54, 1.807) is 0 Å². The second kappa shape index (κ2) is 7.32. The molecule has 1 fully saturated rings. The second-order valence-electron chi connectivity index (χ2n) is 3.48. The molecule has 0 aromatic heterocycles. The largest absolute Gasteiger partial charge is 1.00 e. The summed E-state index contributed by atoms with van der Waals surface area (Å²) >= 11 is 5.53. The normalized spacial score (nSPS) is 17.7. The summed E-state index contributed by atoms with van der Waals surface area (Å²) in [6, 6.07) is 0. The molecule has 0 aliphatic carbocycles. The molecule has 5 heteroatoms. The van der Waals surface area contributed by atoms with Crippen LogP contribution in [0.3, 0.4) is 0 Å². The molecular weight excluding hydrogens is 223 g/mol. The van der Waals surface area contributed by atoms with E-state index in [-0.39, 0.29) is 18.3 Å². The van der Waals surface area contributed by atoms with E-state index in [2.05, 4.69) is 11.9 Å². The minimum atomic E-state index is 0. The highest BCUT2D eigenvalue weighted by molar-refractivity contribution is 6.17. The maximum Gasteiger partial charge on any atom is 0.222 e. The molecule has 1 saturated heterocycles. The quantitative estimate of drug-likeness (QED) is 0.522. The van der Waals surface area contributed by atoms with Crippen LogP contribution in [-0.4, -0.2) is 54.8 Å². The van der Waals surface area contributed by atoms with Crippen molar-refractivity contribution in [2.45, 2.75) is 12.8 Å². The number of alkyl halides is 1. The first-order valence-electron chi connectivity index (χ1n) is 4.76. The fourth-order valence-corrected chi connectivity index (χ4v) is 1.57. The lowest BCUT2D eigenvalue weighted by atomic mass is 10.2. The van der Waals surface area contributed by atoms with E-state index < -0.39 is 0 Å². The van der Waals surface area contributed by atoms with Crippen LogP contribution in [0.25, 0.3) is 0 Å². The number of carbonyl (C=O) groups is 1. The van der Waals surface area contributed by atoms with Crippen LogP contribution < -0.4 is 12.4 Å². The Bertz CT molecular complexity index is 170. The molecule has 0 bridgehead atoms. The summed E-state index contributed by atoms with van der Waals surface area (Å²) in [6.07, 6.45) is 1.40. The average molecular weight is 240 g/mol. The molecule has 1 rings (SSSR count). The number of rotatable bonds is 3. The Morgan fingerprint density at radius 1 is 1.29 bits per heavy atom. The predicted octanol–water partition coefficient (Wildman–Crippen LogP) is -2.22. The van der Waals surface area contributed by atoms with Crippen molar-refractivity contribution in [3.63, 3.8) is 0 Å². The van der Waals surface area contributed by atoms with E-state index in [0.717, 1.165) is 32.6 Å². The van der Waals surface area contributed by atoms with Crippen molar-refractivity contribution in [2.75, 3.05) is 39.1 Å². The minimum Gasteiger partial charge on any atom is -1.00 e. The molecule has 14 heavy (non-hydrogen) atoms. The Balaban J connectivity index is 0.00000169. The van der Waals surface area contributed by atoms with E-state index >= 15 is 0 Å². The molecule has 0 saturated carbocycles. The molecule has 0 radical (unpaired) electrons. The topological polar surface area (TPSA) is 23.6 Å². The average Bonchev–Trinajstić information content (AvgIpc) is 2.15. The Morgan fingerprint density at radius 3 is 2.36 bits per heavy atom. The summed E-state index contributed by atoms with van der Waals surface area (Å²) < 4.78 is 0. The Kier molecular flexibility index (Phi) is 7.33. The number of halogens is 2. The summed E-state index contributed by atoms with van der Waals surface area (Å²) in [6.45, 7) is 3.73. The van der Waals surface area contributed by atoms with Gasteiger partial charge in [-0.1, -0.05) is 0 Å². The number of hydrogen-bond donors (Lipinski definition) is 0. The van der Waals surface area contributed by atoms with Gasteiger partial charge in [-0.3, -0.25) is 4.79 Å². The van der Waals surface area contributed by atoms with Crippen LogP contribution in [-0.2, 0) is 4.79 Å². The third kappa shape index (κ3) is 4.49. The molecule has 0 aromatic carbocycles. The number of nitrogens with zero attached hydrogens (tertiary/aromatic N) is 2. The lowest BCUT2D eigenvalue weighted by Gasteiger charge is -2.32. The molecule has 0 spiro atoms. The molecule has 1 heterocycles. The monoisotopic (exact) mass is 239 g/mol. The van der Waals surface area contributed by atoms with E-state index in [9.17, 15) is 4.79 Å². The van der Waals surface area contributed by atoms with Gasteiger partial charge in [-0.2, -0.15) is 0 Å². The van der Waals surface area contributed by atoms with Crippen molar-refractivity contribution in [3.05, 3.63) is 0 Å². The minimum absolute atomic E-state index is 0. The second-order valence-corrected chi connectivity index (χ2v) is 3.85. The highest BCUT2D eigenvalue weighted by Crippen LogP contribution is 2.03. The molecule has 0 unspecified atom stereocenters. The van der Waals surface area contributed by atoms with Crippen molar-refractivity contribution < 1.29 is 17.2 Å². The summed E-state index contributed by atoms with van der Waals surface area (Å²) in [5.41, 5.74) is 0. The molecule has 0 atom stereocenters. The van der Waals surface area contributed by atoms with Gasteiger partial charge >= 0.3 is 0 Å². The fourth-order valence-electron chi connectivity index (χ4n) is 1.43. The predicted molar refractivity (Wildman–Crippen MR) is 54.0 cm³/mol. The molecule has 3 nitrogen and oxygen atoms in total. The molecule has 0 aromatic rings. The van der Waals surface area contributed by atoms with Crippen LogP contribution in [0.5, 0.6) is 0 Å². The Labute approximate surface area is 96.8 Å². The van der Waals surface area contributed by atoms with Gasteiger partial charge < -0.3 is 22.2 Å². The van der Waals surface area contributed by atoms with E-state index in [4.69, 9.17) is 11.6 Å². The first-order valence-corrected chi connectivity index (χ1v) is 5.30. The lowest BCUT2D eigenvalue weighted by molar-refractivity contribution is -0.132. The van der Waals surface area contributed by atoms with E-state index in [0.29, 0.717) is 12.3 Å². The van der Waals surface area contributed by atoms with Crippen LogP contribution in [0.1, 0.15) is 12.8 Å². The van der Waals surface area contributed by atoms with Gasteiger partial charge in [0.25, 0.3) is 0 Å². The fraction of sp³-hybridized carbons (Fsp3) is 0.889. The molecule has 1 aliphatic heterocycles. The first kappa shape index (κ1) is 14.0. The Hall–Kier alpha value is 0.01000. The van der Waals surface area contributed by atoms with Gasteiger partial charge in [0.05, 0.1) is 0 Å². The highest BCUT2D eigenvalue weighted by Gasteiger charge is 2.17. The zero-order chi connectivity index (χ0) is 9.68. The molecule has 1 aliphatic rings. The van der Waals surface area contributed by atoms with Crippen molar-refractivity contribution in [1.29, 1.82) is 0 Å². The number of hydrogen-bond acceptors (Lipinski definition) is 2. The van der Waals surface area contributed by atoms with Gasteiger partial charge in [-0.15, -0.1) is 11.6 Å². The maximum absolute atomic E-state index is 11.5. The summed E-state index contributed by atoms with van der Waals surface area (Å²) in [5, 5.41) is 0. The zero-order valence-corrected chi connectivity index (χ0v) is 10.0. The molecule has 84 valence electrons. The number of piperazine rings is 1. The summed E-state index contributed by atoms with van der Waals surface area (Å²) in [7, 11) is 2.08. The van der Waals surface area contributed by atoms with Gasteiger partial charge in [-0.25, -0.2) is 0 Å². The van der Waals surface area contributed by atoms with E-state index in [1.807, 2.05) is 4.90 Å². The standard InChI is InChI=1S/C9H17ClN2O.ClH/c1-11-5-7-12(8-6-11)9(13)3-2-4-10;/h2-8H2,1H3;1H/p-1. The van der Waals surface area contributed by atoms with Crippen LogP contribution in [0.2, 0.25) is 0 Å². The van der Waals surface area contributed by atoms with Gasteiger partial charge in [-0.05, 0) is 13.5 Å². The van der Waals surface area contributed by atoms with Gasteiger partial charge in [0, 0.05) is 38.5 Å². The van der Waals surface area contributed by atoms with Crippen molar-refractivity contribution >= 4 is 17.5 Å². The number of amides is 1. The summed E-state index contributed by atoms with van der Waals surface area (Å²) in [4.78, 5) is 15.7. The third-order valence-corrected chi connectivity index (χ3v) is 2.65. The number of carbonyl (C=O) groups excluding carboxylic acids is 1. The lowest BCUT2D eigenvalue weighted by Crippen LogP contribution is -3.00. The van der Waals surface area contributed by atoms with Crippen molar-refractivity contribution in [2.24, 2.45) is 0 Å². The zero-order valence-electron chi connectivity index (χ0n) is 8.51. The molecule has 0 N–H and O–H groups in total. The van der Waals surface area contributed by atoms with Gasteiger partial charge in [0.15, 0.2) is 0 Å².